The zero-order chi connectivity index (χ0) is 14.7. The molecule has 3 rings (SSSR count). The van der Waals surface area contributed by atoms with Gasteiger partial charge < -0.3 is 5.32 Å². The van der Waals surface area contributed by atoms with E-state index in [1.165, 1.54) is 5.56 Å². The average Bonchev–Trinajstić information content (AvgIpc) is 2.48. The molecule has 1 aromatic carbocycles. The quantitative estimate of drug-likeness (QED) is 0.894. The van der Waals surface area contributed by atoms with Crippen molar-refractivity contribution in [2.75, 3.05) is 18.8 Å². The monoisotopic (exact) mass is 308 g/mol. The lowest BCUT2D eigenvalue weighted by Gasteiger charge is -2.28. The van der Waals surface area contributed by atoms with Gasteiger partial charge in [-0.1, -0.05) is 24.3 Å². The summed E-state index contributed by atoms with van der Waals surface area (Å²) in [4.78, 5) is 0. The van der Waals surface area contributed by atoms with E-state index in [2.05, 4.69) is 22.2 Å². The summed E-state index contributed by atoms with van der Waals surface area (Å²) in [7, 11) is -3.21. The molecule has 1 aromatic rings. The van der Waals surface area contributed by atoms with Gasteiger partial charge in [0.1, 0.15) is 0 Å². The van der Waals surface area contributed by atoms with Crippen LogP contribution in [-0.4, -0.2) is 27.3 Å². The number of piperidine rings is 1. The summed E-state index contributed by atoms with van der Waals surface area (Å²) < 4.78 is 27.8. The second-order valence-corrected chi connectivity index (χ2v) is 8.05. The molecule has 21 heavy (non-hydrogen) atoms. The van der Waals surface area contributed by atoms with Gasteiger partial charge in [0.25, 0.3) is 0 Å². The van der Waals surface area contributed by atoms with E-state index in [4.69, 9.17) is 0 Å². The Bertz CT molecular complexity index is 580. The maximum Gasteiger partial charge on any atom is 0.212 e. The lowest BCUT2D eigenvalue weighted by atomic mass is 9.88. The minimum atomic E-state index is -3.21. The number of sulfonamides is 1. The molecule has 2 aliphatic rings. The van der Waals surface area contributed by atoms with E-state index < -0.39 is 10.0 Å². The van der Waals surface area contributed by atoms with Crippen LogP contribution in [0.15, 0.2) is 24.3 Å². The molecule has 1 saturated heterocycles. The van der Waals surface area contributed by atoms with Gasteiger partial charge in [-0.2, -0.15) is 0 Å². The molecule has 116 valence electrons. The first-order valence-corrected chi connectivity index (χ1v) is 9.58. The molecule has 0 spiro atoms. The maximum atomic E-state index is 12.4. The Balaban J connectivity index is 1.68. The summed E-state index contributed by atoms with van der Waals surface area (Å²) in [5.41, 5.74) is 2.45. The topological polar surface area (TPSA) is 58.2 Å². The van der Waals surface area contributed by atoms with Gasteiger partial charge in [0.15, 0.2) is 0 Å². The minimum Gasteiger partial charge on any atom is -0.316 e. The van der Waals surface area contributed by atoms with Crippen molar-refractivity contribution >= 4 is 10.0 Å². The van der Waals surface area contributed by atoms with E-state index >= 15 is 0 Å². The highest BCUT2D eigenvalue weighted by Gasteiger charge is 2.27. The van der Waals surface area contributed by atoms with Crippen LogP contribution in [0.5, 0.6) is 0 Å². The molecule has 0 aromatic heterocycles. The van der Waals surface area contributed by atoms with E-state index in [9.17, 15) is 8.42 Å². The number of nitrogens with one attached hydrogen (secondary N) is 2. The molecule has 0 bridgehead atoms. The van der Waals surface area contributed by atoms with Crippen LogP contribution in [0.2, 0.25) is 0 Å². The highest BCUT2D eigenvalue weighted by atomic mass is 32.2. The van der Waals surface area contributed by atoms with Gasteiger partial charge in [0, 0.05) is 6.04 Å². The Hall–Kier alpha value is -0.910. The number of hydrogen-bond acceptors (Lipinski definition) is 3. The minimum absolute atomic E-state index is 0.0449. The Kier molecular flexibility index (Phi) is 4.62. The van der Waals surface area contributed by atoms with Crippen molar-refractivity contribution in [3.8, 4) is 0 Å². The van der Waals surface area contributed by atoms with Crippen LogP contribution >= 0.6 is 0 Å². The standard InChI is InChI=1S/C16H24N2O2S/c19-21(20,12-13-5-4-10-17-11-13)18-16-9-3-7-14-6-1-2-8-15(14)16/h1-2,6,8,13,16-18H,3-5,7,9-12H2. The van der Waals surface area contributed by atoms with Crippen molar-refractivity contribution in [2.45, 2.75) is 38.1 Å². The third-order valence-corrected chi connectivity index (χ3v) is 6.10. The molecule has 1 fully saturated rings. The van der Waals surface area contributed by atoms with Gasteiger partial charge in [0.05, 0.1) is 5.75 Å². The lowest BCUT2D eigenvalue weighted by Crippen LogP contribution is -2.39. The van der Waals surface area contributed by atoms with Crippen molar-refractivity contribution < 1.29 is 8.42 Å². The molecule has 5 heteroatoms. The first-order valence-electron chi connectivity index (χ1n) is 7.92. The Morgan fingerprint density at radius 3 is 2.86 bits per heavy atom. The summed E-state index contributed by atoms with van der Waals surface area (Å²) >= 11 is 0. The van der Waals surface area contributed by atoms with Crippen LogP contribution in [0.25, 0.3) is 0 Å². The van der Waals surface area contributed by atoms with Crippen LogP contribution in [-0.2, 0) is 16.4 Å². The summed E-state index contributed by atoms with van der Waals surface area (Å²) in [6.07, 6.45) is 5.09. The molecule has 2 N–H and O–H groups in total. The molecule has 4 nitrogen and oxygen atoms in total. The molecule has 1 heterocycles. The van der Waals surface area contributed by atoms with E-state index in [1.54, 1.807) is 0 Å². The Morgan fingerprint density at radius 1 is 1.19 bits per heavy atom. The fourth-order valence-electron chi connectivity index (χ4n) is 3.52. The SMILES string of the molecule is O=S(=O)(CC1CCCNC1)NC1CCCc2ccccc21. The highest BCUT2D eigenvalue weighted by molar-refractivity contribution is 7.89. The number of fused-ring (bicyclic) bond motifs is 1. The fourth-order valence-corrected chi connectivity index (χ4v) is 5.20. The highest BCUT2D eigenvalue weighted by Crippen LogP contribution is 2.30. The largest absolute Gasteiger partial charge is 0.316 e. The fraction of sp³-hybridized carbons (Fsp3) is 0.625. The lowest BCUT2D eigenvalue weighted by molar-refractivity contribution is 0.400. The predicted molar refractivity (Wildman–Crippen MR) is 84.6 cm³/mol. The average molecular weight is 308 g/mol. The molecule has 0 radical (unpaired) electrons. The second kappa shape index (κ2) is 6.46. The van der Waals surface area contributed by atoms with E-state index in [0.29, 0.717) is 0 Å². The number of rotatable bonds is 4. The third kappa shape index (κ3) is 3.84. The molecule has 2 unspecified atom stereocenters. The van der Waals surface area contributed by atoms with Crippen LogP contribution in [0, 0.1) is 5.92 Å². The van der Waals surface area contributed by atoms with Gasteiger partial charge in [-0.3, -0.25) is 0 Å². The molecule has 0 saturated carbocycles. The second-order valence-electron chi connectivity index (χ2n) is 6.26. The normalized spacial score (nSPS) is 26.3. The van der Waals surface area contributed by atoms with Crippen molar-refractivity contribution in [3.63, 3.8) is 0 Å². The smallest absolute Gasteiger partial charge is 0.212 e. The number of benzene rings is 1. The third-order valence-electron chi connectivity index (χ3n) is 4.55. The Morgan fingerprint density at radius 2 is 2.05 bits per heavy atom. The van der Waals surface area contributed by atoms with E-state index in [0.717, 1.165) is 50.8 Å². The first kappa shape index (κ1) is 15.0. The molecule has 1 aliphatic heterocycles. The zero-order valence-electron chi connectivity index (χ0n) is 12.3. The molecule has 0 amide bonds. The summed E-state index contributed by atoms with van der Waals surface area (Å²) in [5, 5.41) is 3.28. The molecule has 1 aliphatic carbocycles. The van der Waals surface area contributed by atoms with Crippen LogP contribution < -0.4 is 10.0 Å². The molecular formula is C16H24N2O2S. The maximum absolute atomic E-state index is 12.4. The van der Waals surface area contributed by atoms with Crippen molar-refractivity contribution in [2.24, 2.45) is 5.92 Å². The summed E-state index contributed by atoms with van der Waals surface area (Å²) in [6.45, 7) is 1.84. The van der Waals surface area contributed by atoms with Crippen molar-refractivity contribution in [1.29, 1.82) is 0 Å². The predicted octanol–water partition coefficient (Wildman–Crippen LogP) is 1.98. The summed E-state index contributed by atoms with van der Waals surface area (Å²) in [6, 6.07) is 8.15. The van der Waals surface area contributed by atoms with Crippen LogP contribution in [0.4, 0.5) is 0 Å². The van der Waals surface area contributed by atoms with Gasteiger partial charge in [-0.25, -0.2) is 13.1 Å². The zero-order valence-corrected chi connectivity index (χ0v) is 13.2. The van der Waals surface area contributed by atoms with Crippen molar-refractivity contribution in [1.82, 2.24) is 10.0 Å². The van der Waals surface area contributed by atoms with Gasteiger partial charge in [-0.15, -0.1) is 0 Å². The first-order chi connectivity index (χ1) is 10.1. The van der Waals surface area contributed by atoms with E-state index in [1.807, 2.05) is 12.1 Å². The Labute approximate surface area is 127 Å². The molecule has 2 atom stereocenters. The van der Waals surface area contributed by atoms with Gasteiger partial charge in [0.2, 0.25) is 10.0 Å². The van der Waals surface area contributed by atoms with Crippen LogP contribution in [0.3, 0.4) is 0 Å². The van der Waals surface area contributed by atoms with Crippen LogP contribution in [0.1, 0.15) is 42.9 Å². The summed E-state index contributed by atoms with van der Waals surface area (Å²) in [5.74, 6) is 0.494. The van der Waals surface area contributed by atoms with Crippen molar-refractivity contribution in [3.05, 3.63) is 35.4 Å². The molecular weight excluding hydrogens is 284 g/mol. The number of aryl methyl sites for hydroxylation is 1. The number of hydrogen-bond donors (Lipinski definition) is 2. The van der Waals surface area contributed by atoms with E-state index in [-0.39, 0.29) is 17.7 Å². The van der Waals surface area contributed by atoms with Gasteiger partial charge in [-0.05, 0) is 62.2 Å². The van der Waals surface area contributed by atoms with Gasteiger partial charge >= 0.3 is 0 Å².